The maximum absolute atomic E-state index is 10.6. The molecule has 144 valence electrons. The summed E-state index contributed by atoms with van der Waals surface area (Å²) in [5.41, 5.74) is -0.703. The van der Waals surface area contributed by atoms with Gasteiger partial charge < -0.3 is 24.8 Å². The van der Waals surface area contributed by atoms with Gasteiger partial charge in [-0.2, -0.15) is 0 Å². The highest BCUT2D eigenvalue weighted by Crippen LogP contribution is 2.22. The first-order chi connectivity index (χ1) is 12.2. The zero-order chi connectivity index (χ0) is 17.5. The third-order valence-electron chi connectivity index (χ3n) is 5.49. The summed E-state index contributed by atoms with van der Waals surface area (Å²) >= 11 is 0. The molecule has 0 aromatic rings. The van der Waals surface area contributed by atoms with Crippen LogP contribution in [0.25, 0.3) is 0 Å². The Morgan fingerprint density at radius 3 is 2.60 bits per heavy atom. The molecule has 3 fully saturated rings. The SMILES string of the molecule is CCNC(=NCC1(O)CCOCC1)N1CCC(CN2CCOCC2)C1. The molecule has 0 aromatic carbocycles. The van der Waals surface area contributed by atoms with Crippen LogP contribution in [0.15, 0.2) is 4.99 Å². The molecule has 3 aliphatic heterocycles. The molecule has 3 rings (SSSR count). The number of aliphatic hydroxyl groups is 1. The molecule has 0 spiro atoms. The zero-order valence-corrected chi connectivity index (χ0v) is 15.6. The average molecular weight is 354 g/mol. The van der Waals surface area contributed by atoms with Crippen LogP contribution in [-0.2, 0) is 9.47 Å². The van der Waals surface area contributed by atoms with Crippen LogP contribution < -0.4 is 5.32 Å². The Morgan fingerprint density at radius 2 is 1.88 bits per heavy atom. The van der Waals surface area contributed by atoms with Gasteiger partial charge in [0.25, 0.3) is 0 Å². The fourth-order valence-corrected chi connectivity index (χ4v) is 3.88. The van der Waals surface area contributed by atoms with Gasteiger partial charge in [-0.05, 0) is 19.3 Å². The summed E-state index contributed by atoms with van der Waals surface area (Å²) in [5, 5.41) is 14.1. The quantitative estimate of drug-likeness (QED) is 0.541. The number of ether oxygens (including phenoxy) is 2. The molecule has 1 atom stereocenters. The molecular weight excluding hydrogens is 320 g/mol. The molecule has 7 heteroatoms. The summed E-state index contributed by atoms with van der Waals surface area (Å²) in [5.74, 6) is 1.64. The summed E-state index contributed by atoms with van der Waals surface area (Å²) in [4.78, 5) is 9.64. The van der Waals surface area contributed by atoms with Crippen molar-refractivity contribution in [1.82, 2.24) is 15.1 Å². The van der Waals surface area contributed by atoms with E-state index in [-0.39, 0.29) is 0 Å². The number of nitrogens with zero attached hydrogens (tertiary/aromatic N) is 3. The maximum Gasteiger partial charge on any atom is 0.194 e. The van der Waals surface area contributed by atoms with E-state index in [0.29, 0.717) is 38.5 Å². The van der Waals surface area contributed by atoms with Crippen LogP contribution in [0, 0.1) is 5.92 Å². The Balaban J connectivity index is 1.52. The highest BCUT2D eigenvalue weighted by molar-refractivity contribution is 5.80. The van der Waals surface area contributed by atoms with Gasteiger partial charge in [0, 0.05) is 65.3 Å². The van der Waals surface area contributed by atoms with Crippen LogP contribution >= 0.6 is 0 Å². The Labute approximate surface area is 151 Å². The van der Waals surface area contributed by atoms with E-state index >= 15 is 0 Å². The van der Waals surface area contributed by atoms with Gasteiger partial charge in [-0.25, -0.2) is 0 Å². The number of likely N-dealkylation sites (tertiary alicyclic amines) is 1. The van der Waals surface area contributed by atoms with Gasteiger partial charge in [-0.3, -0.25) is 9.89 Å². The minimum Gasteiger partial charge on any atom is -0.388 e. The summed E-state index contributed by atoms with van der Waals surface area (Å²) in [6.07, 6.45) is 2.56. The predicted molar refractivity (Wildman–Crippen MR) is 97.9 cm³/mol. The second-order valence-electron chi connectivity index (χ2n) is 7.52. The lowest BCUT2D eigenvalue weighted by molar-refractivity contribution is -0.0566. The molecule has 7 nitrogen and oxygen atoms in total. The Bertz CT molecular complexity index is 434. The van der Waals surface area contributed by atoms with Crippen molar-refractivity contribution in [3.8, 4) is 0 Å². The van der Waals surface area contributed by atoms with E-state index in [1.54, 1.807) is 0 Å². The molecule has 25 heavy (non-hydrogen) atoms. The number of guanidine groups is 1. The largest absolute Gasteiger partial charge is 0.388 e. The van der Waals surface area contributed by atoms with Crippen molar-refractivity contribution in [2.45, 2.75) is 31.8 Å². The van der Waals surface area contributed by atoms with Crippen molar-refractivity contribution < 1.29 is 14.6 Å². The number of rotatable bonds is 5. The van der Waals surface area contributed by atoms with Crippen LogP contribution in [0.5, 0.6) is 0 Å². The minimum absolute atomic E-state index is 0.462. The fourth-order valence-electron chi connectivity index (χ4n) is 3.88. The highest BCUT2D eigenvalue weighted by Gasteiger charge is 2.31. The lowest BCUT2D eigenvalue weighted by Gasteiger charge is -2.31. The second kappa shape index (κ2) is 9.16. The van der Waals surface area contributed by atoms with Crippen molar-refractivity contribution in [1.29, 1.82) is 0 Å². The normalized spacial score (nSPS) is 28.3. The number of nitrogens with one attached hydrogen (secondary N) is 1. The van der Waals surface area contributed by atoms with Crippen LogP contribution in [0.4, 0.5) is 0 Å². The Hall–Kier alpha value is -0.890. The monoisotopic (exact) mass is 354 g/mol. The molecule has 3 aliphatic rings. The molecule has 0 amide bonds. The summed E-state index contributed by atoms with van der Waals surface area (Å²) in [6, 6.07) is 0. The van der Waals surface area contributed by atoms with E-state index in [2.05, 4.69) is 22.0 Å². The van der Waals surface area contributed by atoms with Crippen LogP contribution in [-0.4, -0.2) is 98.7 Å². The highest BCUT2D eigenvalue weighted by atomic mass is 16.5. The molecule has 0 saturated carbocycles. The van der Waals surface area contributed by atoms with Crippen molar-refractivity contribution in [3.63, 3.8) is 0 Å². The first-order valence-electron chi connectivity index (χ1n) is 9.82. The first-order valence-corrected chi connectivity index (χ1v) is 9.82. The van der Waals surface area contributed by atoms with Gasteiger partial charge in [-0.15, -0.1) is 0 Å². The van der Waals surface area contributed by atoms with E-state index in [4.69, 9.17) is 14.5 Å². The van der Waals surface area contributed by atoms with E-state index in [9.17, 15) is 5.11 Å². The standard InChI is InChI=1S/C18H34N4O3/c1-2-19-17(20-15-18(23)4-9-24-10-5-18)22-6-3-16(14-22)13-21-7-11-25-12-8-21/h16,23H,2-15H2,1H3,(H,19,20). The number of morpholine rings is 1. The topological polar surface area (TPSA) is 69.6 Å². The summed E-state index contributed by atoms with van der Waals surface area (Å²) in [7, 11) is 0. The summed E-state index contributed by atoms with van der Waals surface area (Å²) < 4.78 is 10.8. The van der Waals surface area contributed by atoms with Crippen LogP contribution in [0.1, 0.15) is 26.2 Å². The fraction of sp³-hybridized carbons (Fsp3) is 0.944. The van der Waals surface area contributed by atoms with Gasteiger partial charge in [0.1, 0.15) is 0 Å². The van der Waals surface area contributed by atoms with E-state index in [1.807, 2.05) is 0 Å². The van der Waals surface area contributed by atoms with Crippen molar-refractivity contribution >= 4 is 5.96 Å². The smallest absolute Gasteiger partial charge is 0.194 e. The van der Waals surface area contributed by atoms with Gasteiger partial charge in [0.15, 0.2) is 5.96 Å². The Kier molecular flexibility index (Phi) is 6.92. The van der Waals surface area contributed by atoms with Gasteiger partial charge in [0.05, 0.1) is 25.4 Å². The number of aliphatic imine (C=N–C) groups is 1. The number of hydrogen-bond acceptors (Lipinski definition) is 5. The molecular formula is C18H34N4O3. The maximum atomic E-state index is 10.6. The minimum atomic E-state index is -0.703. The van der Waals surface area contributed by atoms with E-state index in [0.717, 1.165) is 58.4 Å². The number of hydrogen-bond donors (Lipinski definition) is 2. The molecule has 0 radical (unpaired) electrons. The molecule has 0 aromatic heterocycles. The van der Waals surface area contributed by atoms with Crippen molar-refractivity contribution in [3.05, 3.63) is 0 Å². The van der Waals surface area contributed by atoms with Crippen LogP contribution in [0.3, 0.4) is 0 Å². The van der Waals surface area contributed by atoms with E-state index in [1.165, 1.54) is 6.42 Å². The molecule has 2 N–H and O–H groups in total. The van der Waals surface area contributed by atoms with Gasteiger partial charge in [-0.1, -0.05) is 0 Å². The van der Waals surface area contributed by atoms with Crippen molar-refractivity contribution in [2.24, 2.45) is 10.9 Å². The van der Waals surface area contributed by atoms with Gasteiger partial charge >= 0.3 is 0 Å². The third kappa shape index (κ3) is 5.54. The lowest BCUT2D eigenvalue weighted by atomic mass is 9.95. The molecule has 0 bridgehead atoms. The van der Waals surface area contributed by atoms with E-state index < -0.39 is 5.60 Å². The predicted octanol–water partition coefficient (Wildman–Crippen LogP) is 0.148. The Morgan fingerprint density at radius 1 is 1.16 bits per heavy atom. The zero-order valence-electron chi connectivity index (χ0n) is 15.6. The average Bonchev–Trinajstić information content (AvgIpc) is 3.08. The van der Waals surface area contributed by atoms with Gasteiger partial charge in [0.2, 0.25) is 0 Å². The molecule has 1 unspecified atom stereocenters. The van der Waals surface area contributed by atoms with Crippen LogP contribution in [0.2, 0.25) is 0 Å². The molecule has 3 saturated heterocycles. The molecule has 3 heterocycles. The first kappa shape index (κ1) is 18.9. The van der Waals surface area contributed by atoms with Crippen molar-refractivity contribution in [2.75, 3.05) is 72.2 Å². The third-order valence-corrected chi connectivity index (χ3v) is 5.49. The second-order valence-corrected chi connectivity index (χ2v) is 7.52. The molecule has 0 aliphatic carbocycles. The lowest BCUT2D eigenvalue weighted by Crippen LogP contribution is -2.44. The summed E-state index contributed by atoms with van der Waals surface area (Å²) in [6.45, 7) is 11.8.